The van der Waals surface area contributed by atoms with Gasteiger partial charge < -0.3 is 5.11 Å². The number of carboxylic acid groups (broad SMARTS) is 1. The molecule has 0 radical (unpaired) electrons. The standard InChI is InChI=1S/C7H13FO2/c1-5(2)6(3-4-8)7(9)10/h5-6H,3-4H2,1-2H3,(H,9,10). The van der Waals surface area contributed by atoms with Gasteiger partial charge in [0, 0.05) is 0 Å². The Hall–Kier alpha value is -0.600. The molecule has 0 spiro atoms. The smallest absolute Gasteiger partial charge is 0.306 e. The second-order valence-corrected chi connectivity index (χ2v) is 2.67. The number of halogens is 1. The largest absolute Gasteiger partial charge is 0.481 e. The van der Waals surface area contributed by atoms with E-state index in [-0.39, 0.29) is 12.3 Å². The average molecular weight is 148 g/mol. The summed E-state index contributed by atoms with van der Waals surface area (Å²) in [6.07, 6.45) is 0.132. The lowest BCUT2D eigenvalue weighted by molar-refractivity contribution is -0.143. The summed E-state index contributed by atoms with van der Waals surface area (Å²) in [7, 11) is 0. The maximum atomic E-state index is 11.7. The van der Waals surface area contributed by atoms with Gasteiger partial charge in [-0.25, -0.2) is 0 Å². The van der Waals surface area contributed by atoms with E-state index in [1.807, 2.05) is 0 Å². The van der Waals surface area contributed by atoms with Crippen molar-refractivity contribution in [2.45, 2.75) is 20.3 Å². The molecule has 0 aromatic carbocycles. The van der Waals surface area contributed by atoms with Crippen LogP contribution in [0.25, 0.3) is 0 Å². The predicted octanol–water partition coefficient (Wildman–Crippen LogP) is 1.70. The van der Waals surface area contributed by atoms with E-state index >= 15 is 0 Å². The van der Waals surface area contributed by atoms with Crippen molar-refractivity contribution >= 4 is 5.97 Å². The Morgan fingerprint density at radius 3 is 2.20 bits per heavy atom. The highest BCUT2D eigenvalue weighted by Gasteiger charge is 2.20. The zero-order valence-corrected chi connectivity index (χ0v) is 6.30. The molecule has 0 aliphatic carbocycles. The number of carboxylic acids is 1. The molecule has 3 heteroatoms. The van der Waals surface area contributed by atoms with Crippen molar-refractivity contribution in [2.24, 2.45) is 11.8 Å². The third-order valence-electron chi connectivity index (χ3n) is 1.54. The quantitative estimate of drug-likeness (QED) is 0.658. The summed E-state index contributed by atoms with van der Waals surface area (Å²) >= 11 is 0. The van der Waals surface area contributed by atoms with Gasteiger partial charge in [0.05, 0.1) is 12.6 Å². The normalized spacial score (nSPS) is 13.6. The number of alkyl halides is 1. The van der Waals surface area contributed by atoms with Crippen molar-refractivity contribution in [1.82, 2.24) is 0 Å². The molecular formula is C7H13FO2. The third-order valence-corrected chi connectivity index (χ3v) is 1.54. The molecular weight excluding hydrogens is 135 g/mol. The lowest BCUT2D eigenvalue weighted by Gasteiger charge is -2.13. The molecule has 60 valence electrons. The first-order chi connectivity index (χ1) is 4.59. The van der Waals surface area contributed by atoms with Gasteiger partial charge in [-0.1, -0.05) is 13.8 Å². The number of rotatable bonds is 4. The molecule has 0 saturated heterocycles. The predicted molar refractivity (Wildman–Crippen MR) is 36.6 cm³/mol. The van der Waals surface area contributed by atoms with Crippen molar-refractivity contribution in [3.05, 3.63) is 0 Å². The third kappa shape index (κ3) is 2.80. The van der Waals surface area contributed by atoms with E-state index in [0.717, 1.165) is 0 Å². The van der Waals surface area contributed by atoms with Crippen molar-refractivity contribution in [3.8, 4) is 0 Å². The Morgan fingerprint density at radius 2 is 2.10 bits per heavy atom. The molecule has 0 amide bonds. The number of hydrogen-bond acceptors (Lipinski definition) is 1. The van der Waals surface area contributed by atoms with Crippen LogP contribution >= 0.6 is 0 Å². The Morgan fingerprint density at radius 1 is 1.60 bits per heavy atom. The van der Waals surface area contributed by atoms with Gasteiger partial charge in [-0.15, -0.1) is 0 Å². The molecule has 0 saturated carbocycles. The zero-order chi connectivity index (χ0) is 8.15. The van der Waals surface area contributed by atoms with Crippen LogP contribution in [0.15, 0.2) is 0 Å². The minimum Gasteiger partial charge on any atom is -0.481 e. The number of aliphatic carboxylic acids is 1. The highest BCUT2D eigenvalue weighted by molar-refractivity contribution is 5.70. The van der Waals surface area contributed by atoms with Gasteiger partial charge in [0.1, 0.15) is 0 Å². The number of hydrogen-bond donors (Lipinski definition) is 1. The van der Waals surface area contributed by atoms with Crippen LogP contribution in [0.2, 0.25) is 0 Å². The molecule has 0 aliphatic rings. The van der Waals surface area contributed by atoms with Gasteiger partial charge in [-0.3, -0.25) is 9.18 Å². The fraction of sp³-hybridized carbons (Fsp3) is 0.857. The summed E-state index contributed by atoms with van der Waals surface area (Å²) in [5.74, 6) is -1.40. The first-order valence-electron chi connectivity index (χ1n) is 3.38. The maximum absolute atomic E-state index is 11.7. The summed E-state index contributed by atoms with van der Waals surface area (Å²) in [4.78, 5) is 10.4. The Labute approximate surface area is 60.1 Å². The van der Waals surface area contributed by atoms with E-state index in [9.17, 15) is 9.18 Å². The zero-order valence-electron chi connectivity index (χ0n) is 6.30. The molecule has 0 aromatic rings. The van der Waals surface area contributed by atoms with Gasteiger partial charge in [0.25, 0.3) is 0 Å². The number of carbonyl (C=O) groups is 1. The fourth-order valence-corrected chi connectivity index (χ4v) is 0.860. The minimum absolute atomic E-state index is 0.0215. The highest BCUT2D eigenvalue weighted by atomic mass is 19.1. The topological polar surface area (TPSA) is 37.3 Å². The summed E-state index contributed by atoms with van der Waals surface area (Å²) in [6, 6.07) is 0. The van der Waals surface area contributed by atoms with Crippen molar-refractivity contribution in [3.63, 3.8) is 0 Å². The van der Waals surface area contributed by atoms with E-state index < -0.39 is 18.6 Å². The monoisotopic (exact) mass is 148 g/mol. The van der Waals surface area contributed by atoms with E-state index in [4.69, 9.17) is 5.11 Å². The fourth-order valence-electron chi connectivity index (χ4n) is 0.860. The summed E-state index contributed by atoms with van der Waals surface area (Å²) < 4.78 is 11.7. The molecule has 0 aromatic heterocycles. The van der Waals surface area contributed by atoms with Gasteiger partial charge >= 0.3 is 5.97 Å². The summed E-state index contributed by atoms with van der Waals surface area (Å²) in [5, 5.41) is 8.51. The van der Waals surface area contributed by atoms with Gasteiger partial charge in [0.2, 0.25) is 0 Å². The van der Waals surface area contributed by atoms with Crippen LogP contribution in [-0.2, 0) is 4.79 Å². The SMILES string of the molecule is CC(C)C(CCF)C(=O)O. The maximum Gasteiger partial charge on any atom is 0.306 e. The second-order valence-electron chi connectivity index (χ2n) is 2.67. The van der Waals surface area contributed by atoms with Crippen LogP contribution in [0.5, 0.6) is 0 Å². The lowest BCUT2D eigenvalue weighted by atomic mass is 9.93. The Balaban J connectivity index is 3.85. The molecule has 0 heterocycles. The van der Waals surface area contributed by atoms with Crippen LogP contribution in [0.3, 0.4) is 0 Å². The molecule has 2 nitrogen and oxygen atoms in total. The van der Waals surface area contributed by atoms with E-state index in [1.165, 1.54) is 0 Å². The molecule has 1 atom stereocenters. The first-order valence-corrected chi connectivity index (χ1v) is 3.38. The van der Waals surface area contributed by atoms with Crippen molar-refractivity contribution in [1.29, 1.82) is 0 Å². The molecule has 1 unspecified atom stereocenters. The summed E-state index contributed by atoms with van der Waals surface area (Å²) in [5.41, 5.74) is 0. The van der Waals surface area contributed by atoms with Crippen LogP contribution < -0.4 is 0 Å². The van der Waals surface area contributed by atoms with Gasteiger partial charge in [-0.05, 0) is 12.3 Å². The Kier molecular flexibility index (Phi) is 4.00. The lowest BCUT2D eigenvalue weighted by Crippen LogP contribution is -2.20. The van der Waals surface area contributed by atoms with E-state index in [2.05, 4.69) is 0 Å². The molecule has 1 N–H and O–H groups in total. The molecule has 0 aliphatic heterocycles. The average Bonchev–Trinajstić information content (AvgIpc) is 1.81. The van der Waals surface area contributed by atoms with E-state index in [1.54, 1.807) is 13.8 Å². The molecule has 0 fully saturated rings. The van der Waals surface area contributed by atoms with Crippen LogP contribution in [-0.4, -0.2) is 17.8 Å². The van der Waals surface area contributed by atoms with Gasteiger partial charge in [-0.2, -0.15) is 0 Å². The molecule has 0 bridgehead atoms. The first kappa shape index (κ1) is 9.40. The summed E-state index contributed by atoms with van der Waals surface area (Å²) in [6.45, 7) is 3.03. The Bertz CT molecular complexity index is 112. The van der Waals surface area contributed by atoms with Gasteiger partial charge in [0.15, 0.2) is 0 Å². The molecule has 0 rings (SSSR count). The van der Waals surface area contributed by atoms with Crippen molar-refractivity contribution < 1.29 is 14.3 Å². The second kappa shape index (κ2) is 4.25. The van der Waals surface area contributed by atoms with Crippen LogP contribution in [0.4, 0.5) is 4.39 Å². The highest BCUT2D eigenvalue weighted by Crippen LogP contribution is 2.14. The van der Waals surface area contributed by atoms with E-state index in [0.29, 0.717) is 0 Å². The van der Waals surface area contributed by atoms with Crippen LogP contribution in [0.1, 0.15) is 20.3 Å². The minimum atomic E-state index is -0.896. The van der Waals surface area contributed by atoms with Crippen LogP contribution in [0, 0.1) is 11.8 Å². The molecule has 10 heavy (non-hydrogen) atoms. The van der Waals surface area contributed by atoms with Crippen molar-refractivity contribution in [2.75, 3.05) is 6.67 Å².